The molecule has 6 rings (SSSR count). The summed E-state index contributed by atoms with van der Waals surface area (Å²) in [7, 11) is -7.73. The molecule has 6 aromatic rings. The fourth-order valence-electron chi connectivity index (χ4n) is 8.65. The van der Waals surface area contributed by atoms with E-state index in [1.54, 1.807) is 45.8 Å². The number of carbonyl (C=O) groups is 11. The fraction of sp³-hybridized carbons (Fsp3) is 0.359. The van der Waals surface area contributed by atoms with E-state index in [4.69, 9.17) is 28.2 Å². The molecular weight excluding hydrogens is 1660 g/mol. The molecule has 573 valence electrons. The van der Waals surface area contributed by atoms with Crippen molar-refractivity contribution in [1.82, 2.24) is 56.8 Å². The number of hydrogen-bond donors (Lipinski definition) is 9. The summed E-state index contributed by atoms with van der Waals surface area (Å²) in [4.78, 5) is 130. The van der Waals surface area contributed by atoms with E-state index >= 15 is 0 Å². The molecule has 11 N–H and O–H groups in total. The van der Waals surface area contributed by atoms with Gasteiger partial charge in [0.1, 0.15) is 0 Å². The number of primary sulfonamides is 2. The fourth-order valence-corrected chi connectivity index (χ4v) is 10.2. The quantitative estimate of drug-likeness (QED) is 0.0116. The predicted molar refractivity (Wildman–Crippen MR) is 375 cm³/mol. The average Bonchev–Trinajstić information content (AvgIpc) is 1.67. The van der Waals surface area contributed by atoms with Crippen LogP contribution >= 0.6 is 11.8 Å². The zero-order valence-electron chi connectivity index (χ0n) is 58.4. The van der Waals surface area contributed by atoms with Crippen molar-refractivity contribution < 1.29 is 151 Å². The van der Waals surface area contributed by atoms with Crippen LogP contribution < -0.4 is 80.9 Å². The molecule has 0 spiro atoms. The Bertz CT molecular complexity index is 4410. The maximum absolute atomic E-state index is 13.0. The van der Waals surface area contributed by atoms with E-state index < -0.39 is 96.5 Å². The van der Waals surface area contributed by atoms with E-state index in [2.05, 4.69) is 76.0 Å². The molecule has 10 amide bonds. The number of thioether (sulfide) groups is 1. The van der Waals surface area contributed by atoms with Gasteiger partial charge in [-0.25, -0.2) is 36.5 Å². The summed E-state index contributed by atoms with van der Waals surface area (Å²) < 4.78 is 92.6. The van der Waals surface area contributed by atoms with Crippen LogP contribution in [-0.4, -0.2) is 178 Å². The van der Waals surface area contributed by atoms with E-state index in [-0.39, 0.29) is 105 Å². The van der Waals surface area contributed by atoms with Crippen LogP contribution in [-0.2, 0) is 124 Å². The second-order valence-corrected chi connectivity index (χ2v) is 28.7. The Morgan fingerprint density at radius 1 is 0.486 bits per heavy atom. The number of aryl methyl sites for hydroxylation is 2. The maximum atomic E-state index is 13.0. The van der Waals surface area contributed by atoms with Crippen molar-refractivity contribution in [2.45, 2.75) is 81.9 Å². The van der Waals surface area contributed by atoms with Gasteiger partial charge >= 0.3 is 81.8 Å². The van der Waals surface area contributed by atoms with Crippen LogP contribution in [0.3, 0.4) is 0 Å². The number of carbonyl (C=O) groups excluding carboxylic acids is 11. The van der Waals surface area contributed by atoms with Crippen molar-refractivity contribution in [3.8, 4) is 33.9 Å². The van der Waals surface area contributed by atoms with Crippen molar-refractivity contribution in [2.75, 3.05) is 77.0 Å². The number of hydrogen-bond acceptors (Lipinski definition) is 24. The van der Waals surface area contributed by atoms with E-state index in [9.17, 15) is 69.6 Å². The summed E-state index contributed by atoms with van der Waals surface area (Å²) in [5.41, 5.74) is 6.58. The van der Waals surface area contributed by atoms with Crippen molar-refractivity contribution in [2.24, 2.45) is 10.3 Å². The predicted octanol–water partition coefficient (Wildman–Crippen LogP) is -1.99. The van der Waals surface area contributed by atoms with Gasteiger partial charge in [0.25, 0.3) is 11.8 Å². The Labute approximate surface area is 662 Å². The minimum absolute atomic E-state index is 0. The number of benzene rings is 4. The molecule has 0 aliphatic rings. The number of nitrogens with two attached hydrogens (primary N) is 2. The molecule has 0 aliphatic heterocycles. The summed E-state index contributed by atoms with van der Waals surface area (Å²) in [5.74, 6) is -5.65. The molecule has 2 heterocycles. The molecule has 0 bridgehead atoms. The zero-order valence-corrected chi connectivity index (χ0v) is 67.4. The van der Waals surface area contributed by atoms with Crippen molar-refractivity contribution in [1.29, 1.82) is 0 Å². The minimum atomic E-state index is -5.94. The third-order valence-electron chi connectivity index (χ3n) is 13.9. The van der Waals surface area contributed by atoms with Crippen LogP contribution in [0.15, 0.2) is 119 Å². The Balaban J connectivity index is 0.000000663. The van der Waals surface area contributed by atoms with Gasteiger partial charge in [-0.3, -0.25) is 38.4 Å². The van der Waals surface area contributed by atoms with Gasteiger partial charge < -0.3 is 80.2 Å². The van der Waals surface area contributed by atoms with Crippen molar-refractivity contribution in [3.63, 3.8) is 0 Å². The molecule has 0 saturated heterocycles. The number of rotatable bonds is 37. The normalized spacial score (nSPS) is 10.7. The van der Waals surface area contributed by atoms with Crippen LogP contribution in [0.2, 0.25) is 0 Å². The van der Waals surface area contributed by atoms with Crippen molar-refractivity contribution >= 4 is 109 Å². The molecule has 0 saturated carbocycles. The first-order valence-corrected chi connectivity index (χ1v) is 40.1. The second-order valence-electron chi connectivity index (χ2n) is 22.3. The number of amides is 10. The third kappa shape index (κ3) is 39.4. The third-order valence-corrected chi connectivity index (χ3v) is 16.8. The number of unbranched alkanes of at least 4 members (excludes halogenated alkanes) is 6. The summed E-state index contributed by atoms with van der Waals surface area (Å²) in [5, 5.41) is 47.8. The zero-order chi connectivity index (χ0) is 79.0. The van der Waals surface area contributed by atoms with E-state index in [1.807, 2.05) is 62.4 Å². The Hall–Kier alpha value is -8.35. The first-order chi connectivity index (χ1) is 50.1. The Morgan fingerprint density at radius 2 is 0.804 bits per heavy atom. The van der Waals surface area contributed by atoms with Gasteiger partial charge in [0.2, 0.25) is 49.6 Å². The molecule has 43 heteroatoms. The molecule has 36 nitrogen and oxygen atoms in total. The van der Waals surface area contributed by atoms with Crippen LogP contribution in [0, 0.1) is 13.8 Å². The van der Waals surface area contributed by atoms with Crippen LogP contribution in [0.25, 0.3) is 49.8 Å². The van der Waals surface area contributed by atoms with Crippen LogP contribution in [0.5, 0.6) is 0 Å². The molecular formula is C64H78N16NaO20S4Tc2. The summed E-state index contributed by atoms with van der Waals surface area (Å²) in [6.07, 6.45) is 5.92. The monoisotopic (exact) mass is 1740 g/mol. The Kier molecular flexibility index (Phi) is 43.9. The van der Waals surface area contributed by atoms with Gasteiger partial charge in [-0.05, 0) is 107 Å². The number of nitrogens with zero attached hydrogens (tertiary/aromatic N) is 7. The summed E-state index contributed by atoms with van der Waals surface area (Å²) in [6.45, 7) is 4.47. The summed E-state index contributed by atoms with van der Waals surface area (Å²) >= 11 is 0.272. The van der Waals surface area contributed by atoms with E-state index in [0.717, 1.165) is 78.6 Å². The van der Waals surface area contributed by atoms with E-state index in [0.29, 0.717) is 74.6 Å². The molecule has 0 radical (unpaired) electrons. The number of nitrogens with one attached hydrogen (secondary N) is 7. The standard InChI is InChI=1S/C33H42N8O8S2.C31H40N8O7S2.Na.5O.2Tc/c1-22-7-9-24(10-8-22)28-17-27(40-41(28)25-11-13-26(14-12-25)51(34,48)49)33(47)36-16-6-4-3-5-15-35-29(43)18-37-30(44)19-38-31(45)20-39-32(46)21-50-23(2)42;1-21-6-8-22(9-7-21)26-16-25(38-39(26)23-10-12-24(13-11-23)48(32,45)46)31(44)34-15-5-3-2-4-14-33-27(40)17-35-28(41)18-36-29(42)19-37-30(43)20-47;;;;;;;;/h7-14,17H,3-6,15-16,18-21H2,1-2H3,(H,35,43)(H,36,47)(H,37,44)(H,38,45)(H,39,46)(H2,34,48,49);6-13,16H,2-5,14-15,17-20H2,1H3,(H8,32,33,34,35,36,37,40,41,42,43,44,45,46,47);;;;;;;;/q;;+1;;;;;-1;+4;/p-4/i;;;;;;;;1+1;. The van der Waals surface area contributed by atoms with Gasteiger partial charge in [-0.2, -0.15) is 10.2 Å². The van der Waals surface area contributed by atoms with Gasteiger partial charge in [0.15, 0.2) is 16.5 Å². The molecule has 0 fully saturated rings. The van der Waals surface area contributed by atoms with Crippen LogP contribution in [0.4, 0.5) is 0 Å². The summed E-state index contributed by atoms with van der Waals surface area (Å²) in [6, 6.07) is 30.6. The van der Waals surface area contributed by atoms with Crippen LogP contribution in [0.1, 0.15) is 90.4 Å². The molecule has 107 heavy (non-hydrogen) atoms. The van der Waals surface area contributed by atoms with Gasteiger partial charge in [0.05, 0.1) is 57.9 Å². The Morgan fingerprint density at radius 3 is 1.15 bits per heavy atom. The van der Waals surface area contributed by atoms with Crippen molar-refractivity contribution in [3.05, 3.63) is 148 Å². The number of sulfonamides is 2. The SMILES string of the molecule is CC(=O)SCC(=O)NCC(=O)NCC(=O)NCC(=O)NCCCCCCNC(=O)c1cc(-c2ccc(C)cc2)n(-c2ccc(S(N)(=O)=O)cc2)n1.Cc1ccc(-c2cc(C(=O)NCCCCCCNC(=O)C[N-]C(=O)C[N-]C(=O)C[N-]C(=O)C[S-])nn2-c2ccc(S(N)(=O)=O)cc2)cc1.[Na+].[O]=[99Tc+4].[O]=[Tc](=[O])(=[O])[O-]. The van der Waals surface area contributed by atoms with E-state index in [1.165, 1.54) is 31.2 Å². The molecule has 4 aromatic carbocycles. The molecule has 0 aliphatic carbocycles. The molecule has 2 aromatic heterocycles. The molecule has 0 unspecified atom stereocenters. The van der Waals surface area contributed by atoms with Gasteiger partial charge in [-0.15, -0.1) is 5.75 Å². The first-order valence-electron chi connectivity index (χ1n) is 31.7. The van der Waals surface area contributed by atoms with Gasteiger partial charge in [-0.1, -0.05) is 110 Å². The topological polar surface area (TPSA) is 562 Å². The molecule has 0 atom stereocenters. The van der Waals surface area contributed by atoms with Gasteiger partial charge in [0, 0.05) is 62.0 Å². The first kappa shape index (κ1) is 94.7. The number of aromatic nitrogens is 4. The average molecular weight is 1740 g/mol. The second kappa shape index (κ2) is 49.6.